The van der Waals surface area contributed by atoms with Crippen molar-refractivity contribution in [3.8, 4) is 0 Å². The number of amides is 3. The molecule has 2 aliphatic rings. The van der Waals surface area contributed by atoms with Crippen molar-refractivity contribution < 1.29 is 14.3 Å². The van der Waals surface area contributed by atoms with Crippen LogP contribution < -0.4 is 5.32 Å². The smallest absolute Gasteiger partial charge is 0.325 e. The third-order valence-electron chi connectivity index (χ3n) is 4.29. The first-order chi connectivity index (χ1) is 10.1. The topological polar surface area (TPSA) is 84.4 Å². The van der Waals surface area contributed by atoms with Crippen molar-refractivity contribution in [2.45, 2.75) is 64.3 Å². The van der Waals surface area contributed by atoms with Gasteiger partial charge in [-0.05, 0) is 34.6 Å². The van der Waals surface area contributed by atoms with Crippen LogP contribution in [0.25, 0.3) is 0 Å². The average molecular weight is 324 g/mol. The maximum absolute atomic E-state index is 13.0. The summed E-state index contributed by atoms with van der Waals surface area (Å²) in [6.07, 6.45) is 0.448. The zero-order valence-corrected chi connectivity index (χ0v) is 14.2. The van der Waals surface area contributed by atoms with Gasteiger partial charge in [-0.3, -0.25) is 9.69 Å². The van der Waals surface area contributed by atoms with Crippen LogP contribution in [0.2, 0.25) is 0 Å². The molecule has 1 atom stereocenters. The lowest BCUT2D eigenvalue weighted by atomic mass is 9.79. The lowest BCUT2D eigenvalue weighted by Gasteiger charge is -2.33. The molecule has 3 amide bonds. The van der Waals surface area contributed by atoms with Gasteiger partial charge in [-0.1, -0.05) is 11.3 Å². The average Bonchev–Trinajstić information content (AvgIpc) is 2.91. The van der Waals surface area contributed by atoms with Gasteiger partial charge in [0.1, 0.15) is 10.0 Å². The van der Waals surface area contributed by atoms with Crippen LogP contribution in [0.15, 0.2) is 0 Å². The summed E-state index contributed by atoms with van der Waals surface area (Å²) in [7, 11) is 0. The fraction of sp³-hybridized carbons (Fsp3) is 0.714. The SMILES string of the molecule is Cc1nnc(CN2C(=O)N[C@]3(CC(C)(C)OC3(C)C)C2=O)s1. The molecule has 0 aromatic carbocycles. The summed E-state index contributed by atoms with van der Waals surface area (Å²) in [5, 5.41) is 12.2. The van der Waals surface area contributed by atoms with Crippen LogP contribution in [-0.4, -0.2) is 43.8 Å². The second kappa shape index (κ2) is 4.48. The Bertz CT molecular complexity index is 654. The fourth-order valence-electron chi connectivity index (χ4n) is 3.50. The molecule has 0 saturated carbocycles. The van der Waals surface area contributed by atoms with Gasteiger partial charge < -0.3 is 10.1 Å². The molecule has 2 aliphatic heterocycles. The zero-order chi connectivity index (χ0) is 16.3. The van der Waals surface area contributed by atoms with Crippen LogP contribution in [0, 0.1) is 6.92 Å². The summed E-state index contributed by atoms with van der Waals surface area (Å²) in [5.41, 5.74) is -2.26. The van der Waals surface area contributed by atoms with Crippen molar-refractivity contribution in [2.24, 2.45) is 0 Å². The molecular weight excluding hydrogens is 304 g/mol. The molecule has 0 aliphatic carbocycles. The molecule has 3 rings (SSSR count). The number of aryl methyl sites for hydroxylation is 1. The van der Waals surface area contributed by atoms with E-state index in [1.807, 2.05) is 34.6 Å². The summed E-state index contributed by atoms with van der Waals surface area (Å²) in [6.45, 7) is 9.54. The maximum atomic E-state index is 13.0. The third-order valence-corrected chi connectivity index (χ3v) is 5.11. The Kier molecular flexibility index (Phi) is 3.13. The number of rotatable bonds is 2. The third kappa shape index (κ3) is 2.13. The first-order valence-electron chi connectivity index (χ1n) is 7.20. The molecule has 1 aromatic rings. The Labute approximate surface area is 133 Å². The molecule has 8 heteroatoms. The molecule has 1 N–H and O–H groups in total. The van der Waals surface area contributed by atoms with E-state index in [1.54, 1.807) is 0 Å². The molecule has 7 nitrogen and oxygen atoms in total. The normalized spacial score (nSPS) is 29.4. The number of hydrogen-bond donors (Lipinski definition) is 1. The predicted molar refractivity (Wildman–Crippen MR) is 80.3 cm³/mol. The number of nitrogens with one attached hydrogen (secondary N) is 1. The van der Waals surface area contributed by atoms with Crippen LogP contribution in [0.5, 0.6) is 0 Å². The Balaban J connectivity index is 1.91. The summed E-state index contributed by atoms with van der Waals surface area (Å²) >= 11 is 1.38. The van der Waals surface area contributed by atoms with Crippen LogP contribution in [0.1, 0.15) is 44.1 Å². The van der Waals surface area contributed by atoms with Crippen molar-refractivity contribution in [1.29, 1.82) is 0 Å². The van der Waals surface area contributed by atoms with Crippen molar-refractivity contribution >= 4 is 23.3 Å². The number of urea groups is 1. The molecular formula is C14H20N4O3S. The number of aromatic nitrogens is 2. The number of ether oxygens (including phenoxy) is 1. The highest BCUT2D eigenvalue weighted by atomic mass is 32.1. The summed E-state index contributed by atoms with van der Waals surface area (Å²) in [5.74, 6) is -0.249. The van der Waals surface area contributed by atoms with Gasteiger partial charge in [0.05, 0.1) is 17.7 Å². The molecule has 2 fully saturated rings. The van der Waals surface area contributed by atoms with Crippen LogP contribution >= 0.6 is 11.3 Å². The monoisotopic (exact) mass is 324 g/mol. The van der Waals surface area contributed by atoms with E-state index in [0.717, 1.165) is 5.01 Å². The van der Waals surface area contributed by atoms with Crippen molar-refractivity contribution in [1.82, 2.24) is 20.4 Å². The van der Waals surface area contributed by atoms with Crippen molar-refractivity contribution in [2.75, 3.05) is 0 Å². The van der Waals surface area contributed by atoms with Gasteiger partial charge in [-0.25, -0.2) is 4.79 Å². The highest BCUT2D eigenvalue weighted by molar-refractivity contribution is 7.11. The molecule has 120 valence electrons. The number of carbonyl (C=O) groups is 2. The second-order valence-electron chi connectivity index (χ2n) is 6.99. The van der Waals surface area contributed by atoms with E-state index in [1.165, 1.54) is 16.2 Å². The van der Waals surface area contributed by atoms with Crippen LogP contribution in [0.3, 0.4) is 0 Å². The molecule has 2 saturated heterocycles. The van der Waals surface area contributed by atoms with Gasteiger partial charge in [0, 0.05) is 6.42 Å². The molecule has 0 bridgehead atoms. The largest absolute Gasteiger partial charge is 0.367 e. The van der Waals surface area contributed by atoms with Gasteiger partial charge in [-0.15, -0.1) is 10.2 Å². The second-order valence-corrected chi connectivity index (χ2v) is 8.26. The maximum Gasteiger partial charge on any atom is 0.325 e. The predicted octanol–water partition coefficient (Wildman–Crippen LogP) is 1.61. The Morgan fingerprint density at radius 3 is 2.45 bits per heavy atom. The van der Waals surface area contributed by atoms with Gasteiger partial charge in [-0.2, -0.15) is 0 Å². The van der Waals surface area contributed by atoms with Crippen molar-refractivity contribution in [3.63, 3.8) is 0 Å². The molecule has 22 heavy (non-hydrogen) atoms. The van der Waals surface area contributed by atoms with E-state index < -0.39 is 22.8 Å². The van der Waals surface area contributed by atoms with E-state index in [0.29, 0.717) is 11.4 Å². The summed E-state index contributed by atoms with van der Waals surface area (Å²) < 4.78 is 6.01. The lowest BCUT2D eigenvalue weighted by molar-refractivity contribution is -0.138. The van der Waals surface area contributed by atoms with E-state index in [2.05, 4.69) is 15.5 Å². The Morgan fingerprint density at radius 1 is 1.27 bits per heavy atom. The van der Waals surface area contributed by atoms with Crippen molar-refractivity contribution in [3.05, 3.63) is 10.0 Å². The number of imide groups is 1. The standard InChI is InChI=1S/C14H20N4O3S/c1-8-16-17-9(22-8)6-18-10(19)14(15-11(18)20)7-12(2,3)21-13(14,4)5/h6-7H2,1-5H3,(H,15,20)/t14-/m1/s1. The van der Waals surface area contributed by atoms with Gasteiger partial charge in [0.2, 0.25) is 0 Å². The van der Waals surface area contributed by atoms with Gasteiger partial charge in [0.25, 0.3) is 5.91 Å². The Morgan fingerprint density at radius 2 is 1.95 bits per heavy atom. The van der Waals surface area contributed by atoms with Gasteiger partial charge in [0.15, 0.2) is 5.54 Å². The first kappa shape index (κ1) is 15.4. The van der Waals surface area contributed by atoms with E-state index in [-0.39, 0.29) is 12.5 Å². The number of nitrogens with zero attached hydrogens (tertiary/aromatic N) is 3. The molecule has 0 unspecified atom stereocenters. The minimum absolute atomic E-state index is 0.147. The molecule has 0 radical (unpaired) electrons. The first-order valence-corrected chi connectivity index (χ1v) is 8.01. The fourth-order valence-corrected chi connectivity index (χ4v) is 4.20. The lowest BCUT2D eigenvalue weighted by Crippen LogP contribution is -2.59. The quantitative estimate of drug-likeness (QED) is 0.836. The minimum Gasteiger partial charge on any atom is -0.367 e. The van der Waals surface area contributed by atoms with Crippen LogP contribution in [0.4, 0.5) is 4.79 Å². The summed E-state index contributed by atoms with van der Waals surface area (Å²) in [4.78, 5) is 26.5. The van der Waals surface area contributed by atoms with E-state index in [4.69, 9.17) is 4.74 Å². The number of carbonyl (C=O) groups excluding carboxylic acids is 2. The molecule has 1 aromatic heterocycles. The zero-order valence-electron chi connectivity index (χ0n) is 13.4. The van der Waals surface area contributed by atoms with Crippen LogP contribution in [-0.2, 0) is 16.1 Å². The van der Waals surface area contributed by atoms with E-state index >= 15 is 0 Å². The highest BCUT2D eigenvalue weighted by Gasteiger charge is 2.67. The Hall–Kier alpha value is -1.54. The molecule has 3 heterocycles. The van der Waals surface area contributed by atoms with Gasteiger partial charge >= 0.3 is 6.03 Å². The minimum atomic E-state index is -1.02. The summed E-state index contributed by atoms with van der Waals surface area (Å²) in [6, 6.07) is -0.396. The highest BCUT2D eigenvalue weighted by Crippen LogP contribution is 2.48. The molecule has 1 spiro atoms. The number of hydrogen-bond acceptors (Lipinski definition) is 6. The van der Waals surface area contributed by atoms with E-state index in [9.17, 15) is 9.59 Å².